The van der Waals surface area contributed by atoms with Gasteiger partial charge in [-0.25, -0.2) is 0 Å². The zero-order chi connectivity index (χ0) is 13.1. The summed E-state index contributed by atoms with van der Waals surface area (Å²) >= 11 is 0. The van der Waals surface area contributed by atoms with Crippen molar-refractivity contribution in [1.82, 2.24) is 4.90 Å². The third-order valence-corrected chi connectivity index (χ3v) is 3.61. The molecule has 0 amide bonds. The first-order valence-electron chi connectivity index (χ1n) is 6.27. The molecule has 1 aromatic rings. The second-order valence-corrected chi connectivity index (χ2v) is 5.07. The Morgan fingerprint density at radius 1 is 1.50 bits per heavy atom. The quantitative estimate of drug-likeness (QED) is 0.652. The topological polar surface area (TPSA) is 72.4 Å². The van der Waals surface area contributed by atoms with Gasteiger partial charge in [0, 0.05) is 31.3 Å². The molecule has 1 aromatic carbocycles. The van der Waals surface area contributed by atoms with Crippen molar-refractivity contribution < 1.29 is 4.92 Å². The number of hydrogen-bond acceptors (Lipinski definition) is 4. The lowest BCUT2D eigenvalue weighted by molar-refractivity contribution is -0.384. The van der Waals surface area contributed by atoms with Crippen molar-refractivity contribution in [3.8, 4) is 0 Å². The van der Waals surface area contributed by atoms with Crippen molar-refractivity contribution in [3.05, 3.63) is 39.9 Å². The van der Waals surface area contributed by atoms with E-state index in [9.17, 15) is 10.1 Å². The van der Waals surface area contributed by atoms with Gasteiger partial charge in [-0.3, -0.25) is 15.0 Å². The molecular formula is C13H19N3O2. The number of non-ortho nitro benzene ring substituents is 1. The Hall–Kier alpha value is -1.46. The van der Waals surface area contributed by atoms with E-state index in [2.05, 4.69) is 11.8 Å². The SMILES string of the molecule is CC(N)C1CCN(Cc2ccc([N+](=O)[O-])cc2)C1. The van der Waals surface area contributed by atoms with Crippen LogP contribution in [0, 0.1) is 16.0 Å². The van der Waals surface area contributed by atoms with Gasteiger partial charge in [0.1, 0.15) is 0 Å². The maximum Gasteiger partial charge on any atom is 0.269 e. The van der Waals surface area contributed by atoms with E-state index in [-0.39, 0.29) is 16.7 Å². The van der Waals surface area contributed by atoms with Crippen molar-refractivity contribution in [1.29, 1.82) is 0 Å². The first-order valence-corrected chi connectivity index (χ1v) is 6.27. The number of rotatable bonds is 4. The Bertz CT molecular complexity index is 417. The fourth-order valence-corrected chi connectivity index (χ4v) is 2.42. The molecule has 1 aliphatic heterocycles. The van der Waals surface area contributed by atoms with E-state index in [0.29, 0.717) is 5.92 Å². The van der Waals surface area contributed by atoms with E-state index in [1.807, 2.05) is 12.1 Å². The van der Waals surface area contributed by atoms with Crippen molar-refractivity contribution in [2.45, 2.75) is 25.9 Å². The Balaban J connectivity index is 1.92. The highest BCUT2D eigenvalue weighted by atomic mass is 16.6. The molecule has 2 unspecified atom stereocenters. The predicted octanol–water partition coefficient (Wildman–Crippen LogP) is 1.76. The van der Waals surface area contributed by atoms with Crippen LogP contribution in [-0.2, 0) is 6.54 Å². The van der Waals surface area contributed by atoms with Crippen LogP contribution in [0.1, 0.15) is 18.9 Å². The average Bonchev–Trinajstić information content (AvgIpc) is 2.78. The summed E-state index contributed by atoms with van der Waals surface area (Å²) in [4.78, 5) is 12.5. The molecular weight excluding hydrogens is 230 g/mol. The third-order valence-electron chi connectivity index (χ3n) is 3.61. The molecule has 1 aliphatic rings. The Morgan fingerprint density at radius 3 is 2.67 bits per heavy atom. The van der Waals surface area contributed by atoms with Gasteiger partial charge in [-0.1, -0.05) is 12.1 Å². The fraction of sp³-hybridized carbons (Fsp3) is 0.538. The normalized spacial score (nSPS) is 22.0. The molecule has 18 heavy (non-hydrogen) atoms. The molecule has 5 heteroatoms. The first-order chi connectivity index (χ1) is 8.56. The van der Waals surface area contributed by atoms with E-state index in [1.54, 1.807) is 12.1 Å². The van der Waals surface area contributed by atoms with E-state index in [0.717, 1.165) is 31.6 Å². The molecule has 1 heterocycles. The molecule has 98 valence electrons. The number of nitro benzene ring substituents is 1. The number of nitrogens with zero attached hydrogens (tertiary/aromatic N) is 2. The van der Waals surface area contributed by atoms with Crippen LogP contribution < -0.4 is 5.73 Å². The van der Waals surface area contributed by atoms with Crippen molar-refractivity contribution in [2.75, 3.05) is 13.1 Å². The van der Waals surface area contributed by atoms with Gasteiger partial charge in [0.2, 0.25) is 0 Å². The van der Waals surface area contributed by atoms with E-state index in [4.69, 9.17) is 5.73 Å². The number of nitro groups is 1. The second kappa shape index (κ2) is 5.46. The lowest BCUT2D eigenvalue weighted by Gasteiger charge is -2.17. The number of hydrogen-bond donors (Lipinski definition) is 1. The summed E-state index contributed by atoms with van der Waals surface area (Å²) in [5.41, 5.74) is 7.17. The smallest absolute Gasteiger partial charge is 0.269 e. The van der Waals surface area contributed by atoms with Crippen LogP contribution >= 0.6 is 0 Å². The summed E-state index contributed by atoms with van der Waals surface area (Å²) in [6.45, 7) is 4.99. The van der Waals surface area contributed by atoms with Crippen LogP contribution in [0.2, 0.25) is 0 Å². The fourth-order valence-electron chi connectivity index (χ4n) is 2.42. The number of nitrogens with two attached hydrogens (primary N) is 1. The summed E-state index contributed by atoms with van der Waals surface area (Å²) < 4.78 is 0. The molecule has 1 saturated heterocycles. The summed E-state index contributed by atoms with van der Waals surface area (Å²) in [7, 11) is 0. The zero-order valence-electron chi connectivity index (χ0n) is 10.6. The van der Waals surface area contributed by atoms with Gasteiger partial charge >= 0.3 is 0 Å². The molecule has 0 radical (unpaired) electrons. The molecule has 0 bridgehead atoms. The highest BCUT2D eigenvalue weighted by molar-refractivity contribution is 5.32. The van der Waals surface area contributed by atoms with Crippen LogP contribution in [0.5, 0.6) is 0 Å². The van der Waals surface area contributed by atoms with Crippen molar-refractivity contribution in [3.63, 3.8) is 0 Å². The monoisotopic (exact) mass is 249 g/mol. The van der Waals surface area contributed by atoms with Gasteiger partial charge in [-0.05, 0) is 31.4 Å². The van der Waals surface area contributed by atoms with Crippen molar-refractivity contribution in [2.24, 2.45) is 11.7 Å². The van der Waals surface area contributed by atoms with Crippen LogP contribution in [0.4, 0.5) is 5.69 Å². The first kappa shape index (κ1) is 13.0. The second-order valence-electron chi connectivity index (χ2n) is 5.07. The third kappa shape index (κ3) is 3.05. The molecule has 0 aromatic heterocycles. The summed E-state index contributed by atoms with van der Waals surface area (Å²) in [5.74, 6) is 0.572. The number of likely N-dealkylation sites (tertiary alicyclic amines) is 1. The average molecular weight is 249 g/mol. The Kier molecular flexibility index (Phi) is 3.93. The molecule has 1 fully saturated rings. The molecule has 0 saturated carbocycles. The predicted molar refractivity (Wildman–Crippen MR) is 70.1 cm³/mol. The van der Waals surface area contributed by atoms with Crippen LogP contribution in [0.25, 0.3) is 0 Å². The van der Waals surface area contributed by atoms with Gasteiger partial charge in [0.15, 0.2) is 0 Å². The largest absolute Gasteiger partial charge is 0.328 e. The van der Waals surface area contributed by atoms with Gasteiger partial charge in [0.25, 0.3) is 5.69 Å². The van der Waals surface area contributed by atoms with Crippen LogP contribution in [0.15, 0.2) is 24.3 Å². The van der Waals surface area contributed by atoms with Gasteiger partial charge in [-0.2, -0.15) is 0 Å². The maximum atomic E-state index is 10.6. The zero-order valence-corrected chi connectivity index (χ0v) is 10.6. The molecule has 2 N–H and O–H groups in total. The highest BCUT2D eigenvalue weighted by Crippen LogP contribution is 2.21. The maximum absolute atomic E-state index is 10.6. The summed E-state index contributed by atoms with van der Waals surface area (Å²) in [6, 6.07) is 7.03. The molecule has 5 nitrogen and oxygen atoms in total. The van der Waals surface area contributed by atoms with Gasteiger partial charge in [0.05, 0.1) is 4.92 Å². The number of benzene rings is 1. The van der Waals surface area contributed by atoms with Gasteiger partial charge in [-0.15, -0.1) is 0 Å². The highest BCUT2D eigenvalue weighted by Gasteiger charge is 2.24. The molecule has 0 aliphatic carbocycles. The Labute approximate surface area is 107 Å². The van der Waals surface area contributed by atoms with Crippen LogP contribution in [0.3, 0.4) is 0 Å². The van der Waals surface area contributed by atoms with Crippen LogP contribution in [-0.4, -0.2) is 29.0 Å². The lowest BCUT2D eigenvalue weighted by Crippen LogP contribution is -2.29. The molecule has 2 atom stereocenters. The minimum atomic E-state index is -0.369. The van der Waals surface area contributed by atoms with Crippen molar-refractivity contribution >= 4 is 5.69 Å². The molecule has 2 rings (SSSR count). The van der Waals surface area contributed by atoms with E-state index < -0.39 is 0 Å². The Morgan fingerprint density at radius 2 is 2.17 bits per heavy atom. The van der Waals surface area contributed by atoms with E-state index >= 15 is 0 Å². The lowest BCUT2D eigenvalue weighted by atomic mass is 10.0. The van der Waals surface area contributed by atoms with E-state index in [1.165, 1.54) is 0 Å². The summed E-state index contributed by atoms with van der Waals surface area (Å²) in [5, 5.41) is 10.6. The summed E-state index contributed by atoms with van der Waals surface area (Å²) in [6.07, 6.45) is 1.14. The van der Waals surface area contributed by atoms with Gasteiger partial charge < -0.3 is 5.73 Å². The minimum Gasteiger partial charge on any atom is -0.328 e. The minimum absolute atomic E-state index is 0.147. The standard InChI is InChI=1S/C13H19N3O2/c1-10(14)12-6-7-15(9-12)8-11-2-4-13(5-3-11)16(17)18/h2-5,10,12H,6-9,14H2,1H3. The molecule has 0 spiro atoms.